The predicted octanol–water partition coefficient (Wildman–Crippen LogP) is 3.44. The maximum atomic E-state index is 4.35. The molecule has 100 valence electrons. The third-order valence-corrected chi connectivity index (χ3v) is 4.88. The van der Waals surface area contributed by atoms with E-state index in [1.54, 1.807) is 0 Å². The molecule has 0 saturated carbocycles. The molecule has 2 aromatic rings. The maximum absolute atomic E-state index is 4.35. The number of pyridine rings is 1. The lowest BCUT2D eigenvalue weighted by atomic mass is 9.84. The number of hydrogen-bond donors (Lipinski definition) is 0. The zero-order valence-electron chi connectivity index (χ0n) is 11.7. The summed E-state index contributed by atoms with van der Waals surface area (Å²) in [6.45, 7) is 7.21. The van der Waals surface area contributed by atoms with Crippen molar-refractivity contribution in [1.29, 1.82) is 0 Å². The van der Waals surface area contributed by atoms with Gasteiger partial charge in [0, 0.05) is 24.5 Å². The van der Waals surface area contributed by atoms with E-state index in [0.717, 1.165) is 13.0 Å². The zero-order valence-corrected chi connectivity index (χ0v) is 11.7. The van der Waals surface area contributed by atoms with Crippen molar-refractivity contribution >= 4 is 0 Å². The summed E-state index contributed by atoms with van der Waals surface area (Å²) in [7, 11) is 0. The summed E-state index contributed by atoms with van der Waals surface area (Å²) in [6.07, 6.45) is 7.01. The van der Waals surface area contributed by atoms with E-state index >= 15 is 0 Å². The highest BCUT2D eigenvalue weighted by atomic mass is 15.3. The van der Waals surface area contributed by atoms with Crippen molar-refractivity contribution < 1.29 is 0 Å². The van der Waals surface area contributed by atoms with E-state index in [0.29, 0.717) is 6.04 Å². The molecule has 2 atom stereocenters. The number of rotatable bonds is 2. The van der Waals surface area contributed by atoms with E-state index in [-0.39, 0.29) is 5.54 Å². The minimum absolute atomic E-state index is 0.0732. The van der Waals surface area contributed by atoms with E-state index in [1.165, 1.54) is 22.3 Å². The van der Waals surface area contributed by atoms with Gasteiger partial charge in [-0.25, -0.2) is 0 Å². The third kappa shape index (κ3) is 1.35. The molecule has 0 aliphatic carbocycles. The van der Waals surface area contributed by atoms with Crippen molar-refractivity contribution in [2.45, 2.75) is 24.9 Å². The molecular formula is C18H18N2. The molecule has 2 aliphatic rings. The van der Waals surface area contributed by atoms with Gasteiger partial charge in [0.25, 0.3) is 0 Å². The second-order valence-corrected chi connectivity index (χ2v) is 5.96. The van der Waals surface area contributed by atoms with Gasteiger partial charge in [0.2, 0.25) is 0 Å². The normalized spacial score (nSPS) is 26.9. The first-order chi connectivity index (χ1) is 9.75. The fourth-order valence-electron chi connectivity index (χ4n) is 4.03. The van der Waals surface area contributed by atoms with E-state index in [2.05, 4.69) is 53.7 Å². The Labute approximate surface area is 119 Å². The van der Waals surface area contributed by atoms with Gasteiger partial charge in [-0.1, -0.05) is 30.3 Å². The highest BCUT2D eigenvalue weighted by molar-refractivity contribution is 5.52. The van der Waals surface area contributed by atoms with Gasteiger partial charge in [0.05, 0.1) is 6.04 Å². The molecule has 20 heavy (non-hydrogen) atoms. The summed E-state index contributed by atoms with van der Waals surface area (Å²) in [4.78, 5) is 6.92. The predicted molar refractivity (Wildman–Crippen MR) is 80.5 cm³/mol. The lowest BCUT2D eigenvalue weighted by Crippen LogP contribution is -2.45. The van der Waals surface area contributed by atoms with Gasteiger partial charge in [-0.05, 0) is 41.7 Å². The summed E-state index contributed by atoms with van der Waals surface area (Å²) < 4.78 is 0. The molecule has 0 amide bonds. The van der Waals surface area contributed by atoms with Crippen LogP contribution in [0.15, 0.2) is 55.4 Å². The molecule has 0 radical (unpaired) electrons. The first-order valence-corrected chi connectivity index (χ1v) is 7.15. The Morgan fingerprint density at radius 1 is 1.35 bits per heavy atom. The van der Waals surface area contributed by atoms with Gasteiger partial charge in [0.1, 0.15) is 0 Å². The maximum Gasteiger partial charge on any atom is 0.0633 e. The van der Waals surface area contributed by atoms with Gasteiger partial charge in [-0.2, -0.15) is 0 Å². The Hall–Kier alpha value is -1.93. The Balaban J connectivity index is 2.01. The number of benzene rings is 1. The minimum Gasteiger partial charge on any atom is -0.279 e. The average molecular weight is 262 g/mol. The molecule has 3 heterocycles. The van der Waals surface area contributed by atoms with Gasteiger partial charge >= 0.3 is 0 Å². The fraction of sp³-hybridized carbons (Fsp3) is 0.278. The molecule has 1 aromatic carbocycles. The SMILES string of the molecule is C=CCN1[C@H]2c3cnccc3C[C@]1(C)c1ccccc12. The first kappa shape index (κ1) is 11.9. The molecular weight excluding hydrogens is 244 g/mol. The summed E-state index contributed by atoms with van der Waals surface area (Å²) >= 11 is 0. The standard InChI is InChI=1S/C18H18N2/c1-3-10-20-17-14-6-4-5-7-16(14)18(20,2)11-13-8-9-19-12-15(13)17/h3-9,12,17H,1,10-11H2,2H3/t17-,18-/m1/s1. The van der Waals surface area contributed by atoms with Crippen molar-refractivity contribution in [1.82, 2.24) is 9.88 Å². The summed E-state index contributed by atoms with van der Waals surface area (Å²) in [5.41, 5.74) is 5.76. The van der Waals surface area contributed by atoms with Gasteiger partial charge in [-0.3, -0.25) is 9.88 Å². The van der Waals surface area contributed by atoms with Crippen LogP contribution in [0.5, 0.6) is 0 Å². The van der Waals surface area contributed by atoms with Crippen LogP contribution in [0.1, 0.15) is 35.2 Å². The van der Waals surface area contributed by atoms with Crippen LogP contribution in [0.25, 0.3) is 0 Å². The van der Waals surface area contributed by atoms with Gasteiger partial charge < -0.3 is 0 Å². The van der Waals surface area contributed by atoms with Gasteiger partial charge in [0.15, 0.2) is 0 Å². The second kappa shape index (κ2) is 4.03. The Bertz CT molecular complexity index is 691. The van der Waals surface area contributed by atoms with Gasteiger partial charge in [-0.15, -0.1) is 6.58 Å². The number of nitrogens with zero attached hydrogens (tertiary/aromatic N) is 2. The summed E-state index contributed by atoms with van der Waals surface area (Å²) in [5.74, 6) is 0. The minimum atomic E-state index is 0.0732. The second-order valence-electron chi connectivity index (χ2n) is 5.96. The molecule has 2 bridgehead atoms. The Morgan fingerprint density at radius 2 is 2.20 bits per heavy atom. The zero-order chi connectivity index (χ0) is 13.7. The Morgan fingerprint density at radius 3 is 3.05 bits per heavy atom. The van der Waals surface area contributed by atoms with Crippen LogP contribution >= 0.6 is 0 Å². The number of aromatic nitrogens is 1. The molecule has 1 aromatic heterocycles. The summed E-state index contributed by atoms with van der Waals surface area (Å²) in [5, 5.41) is 0. The van der Waals surface area contributed by atoms with Crippen LogP contribution in [0.2, 0.25) is 0 Å². The molecule has 0 spiro atoms. The molecule has 2 nitrogen and oxygen atoms in total. The van der Waals surface area contributed by atoms with E-state index < -0.39 is 0 Å². The largest absolute Gasteiger partial charge is 0.279 e. The van der Waals surface area contributed by atoms with Crippen molar-refractivity contribution in [3.8, 4) is 0 Å². The smallest absolute Gasteiger partial charge is 0.0633 e. The van der Waals surface area contributed by atoms with Crippen LogP contribution in [-0.4, -0.2) is 16.4 Å². The van der Waals surface area contributed by atoms with E-state index in [1.807, 2.05) is 18.5 Å². The first-order valence-electron chi connectivity index (χ1n) is 7.15. The molecule has 0 saturated heterocycles. The van der Waals surface area contributed by atoms with Crippen LogP contribution in [0.3, 0.4) is 0 Å². The average Bonchev–Trinajstić information content (AvgIpc) is 2.64. The lowest BCUT2D eigenvalue weighted by Gasteiger charge is -2.43. The molecule has 0 fully saturated rings. The highest BCUT2D eigenvalue weighted by Crippen LogP contribution is 2.54. The fourth-order valence-corrected chi connectivity index (χ4v) is 4.03. The topological polar surface area (TPSA) is 16.1 Å². The van der Waals surface area contributed by atoms with E-state index in [9.17, 15) is 0 Å². The van der Waals surface area contributed by atoms with Crippen molar-refractivity contribution in [2.75, 3.05) is 6.54 Å². The van der Waals surface area contributed by atoms with Crippen molar-refractivity contribution in [3.63, 3.8) is 0 Å². The molecule has 2 aliphatic heterocycles. The van der Waals surface area contributed by atoms with Crippen LogP contribution < -0.4 is 0 Å². The van der Waals surface area contributed by atoms with Crippen molar-refractivity contribution in [3.05, 3.63) is 77.6 Å². The molecule has 4 rings (SSSR count). The van der Waals surface area contributed by atoms with Crippen molar-refractivity contribution in [2.24, 2.45) is 0 Å². The van der Waals surface area contributed by atoms with Crippen LogP contribution in [0.4, 0.5) is 0 Å². The number of hydrogen-bond acceptors (Lipinski definition) is 2. The Kier molecular flexibility index (Phi) is 2.39. The quantitative estimate of drug-likeness (QED) is 0.771. The van der Waals surface area contributed by atoms with Crippen LogP contribution in [-0.2, 0) is 12.0 Å². The third-order valence-electron chi connectivity index (χ3n) is 4.88. The lowest BCUT2D eigenvalue weighted by molar-refractivity contribution is 0.0968. The monoisotopic (exact) mass is 262 g/mol. The summed E-state index contributed by atoms with van der Waals surface area (Å²) in [6, 6.07) is 11.4. The molecule has 2 heteroatoms. The highest BCUT2D eigenvalue weighted by Gasteiger charge is 2.50. The number of fused-ring (bicyclic) bond motifs is 7. The molecule has 0 unspecified atom stereocenters. The molecule has 0 N–H and O–H groups in total. The van der Waals surface area contributed by atoms with Crippen LogP contribution in [0, 0.1) is 0 Å². The van der Waals surface area contributed by atoms with E-state index in [4.69, 9.17) is 0 Å².